The second-order valence-electron chi connectivity index (χ2n) is 4.88. The van der Waals surface area contributed by atoms with Crippen LogP contribution in [0.4, 0.5) is 0 Å². The van der Waals surface area contributed by atoms with E-state index < -0.39 is 21.5 Å². The number of carbonyl (C=O) groups excluding carboxylic acids is 1. The van der Waals surface area contributed by atoms with E-state index in [0.717, 1.165) is 0 Å². The monoisotopic (exact) mass is 313 g/mol. The maximum absolute atomic E-state index is 12.3. The van der Waals surface area contributed by atoms with E-state index in [1.54, 1.807) is 0 Å². The Balaban J connectivity index is 2.36. The molecule has 1 atom stereocenters. The van der Waals surface area contributed by atoms with Crippen LogP contribution >= 0.6 is 0 Å². The number of carbonyl (C=O) groups is 2. The Morgan fingerprint density at radius 2 is 2.10 bits per heavy atom. The summed E-state index contributed by atoms with van der Waals surface area (Å²) in [6, 6.07) is 5.45. The first-order chi connectivity index (χ1) is 9.77. The Bertz CT molecular complexity index is 676. The lowest BCUT2D eigenvalue weighted by atomic mass is 10.0. The molecule has 114 valence electrons. The quantitative estimate of drug-likeness (QED) is 0.762. The van der Waals surface area contributed by atoms with Gasteiger partial charge in [-0.05, 0) is 19.1 Å². The van der Waals surface area contributed by atoms with E-state index in [-0.39, 0.29) is 35.9 Å². The largest absolute Gasteiger partial charge is 0.480 e. The molecule has 1 aliphatic heterocycles. The minimum absolute atomic E-state index is 0.0496. The molecule has 0 aliphatic carbocycles. The fraction of sp³-hybridized carbons (Fsp3) is 0.385. The van der Waals surface area contributed by atoms with Crippen LogP contribution in [0.15, 0.2) is 29.2 Å². The molecule has 0 bridgehead atoms. The van der Waals surface area contributed by atoms with Crippen molar-refractivity contribution in [3.05, 3.63) is 29.8 Å². The first kappa shape index (κ1) is 15.6. The number of hydrogen-bond donors (Lipinski definition) is 2. The molecule has 2 N–H and O–H groups in total. The molecule has 1 fully saturated rings. The molecule has 1 aromatic carbocycles. The van der Waals surface area contributed by atoms with Gasteiger partial charge in [0.25, 0.3) is 0 Å². The van der Waals surface area contributed by atoms with Crippen molar-refractivity contribution >= 4 is 21.8 Å². The fourth-order valence-electron chi connectivity index (χ4n) is 2.06. The van der Waals surface area contributed by atoms with Gasteiger partial charge in [0.1, 0.15) is 0 Å². The molecular formula is C13H15NO6S. The lowest BCUT2D eigenvalue weighted by Gasteiger charge is -2.23. The lowest BCUT2D eigenvalue weighted by molar-refractivity contribution is -0.144. The van der Waals surface area contributed by atoms with Gasteiger partial charge in [-0.1, -0.05) is 12.1 Å². The van der Waals surface area contributed by atoms with E-state index >= 15 is 0 Å². The molecule has 2 rings (SSSR count). The molecule has 7 nitrogen and oxygen atoms in total. The van der Waals surface area contributed by atoms with Gasteiger partial charge in [-0.25, -0.2) is 8.42 Å². The van der Waals surface area contributed by atoms with Crippen molar-refractivity contribution in [2.75, 3.05) is 13.2 Å². The highest BCUT2D eigenvalue weighted by Gasteiger charge is 2.46. The maximum atomic E-state index is 12.3. The number of ether oxygens (including phenoxy) is 1. The Morgan fingerprint density at radius 1 is 1.38 bits per heavy atom. The van der Waals surface area contributed by atoms with Crippen molar-refractivity contribution in [2.24, 2.45) is 0 Å². The molecule has 0 aromatic heterocycles. The van der Waals surface area contributed by atoms with E-state index in [2.05, 4.69) is 4.72 Å². The first-order valence-electron chi connectivity index (χ1n) is 6.23. The van der Waals surface area contributed by atoms with Crippen LogP contribution < -0.4 is 4.72 Å². The predicted octanol–water partition coefficient (Wildman–Crippen LogP) is 0.411. The smallest absolute Gasteiger partial charge is 0.327 e. The van der Waals surface area contributed by atoms with Gasteiger partial charge in [0.2, 0.25) is 10.0 Å². The fourth-order valence-corrected chi connectivity index (χ4v) is 3.48. The average Bonchev–Trinajstić information content (AvgIpc) is 2.88. The Kier molecular flexibility index (Phi) is 4.13. The van der Waals surface area contributed by atoms with E-state index in [1.165, 1.54) is 31.2 Å². The minimum atomic E-state index is -4.07. The standard InChI is InChI=1S/C13H15NO6S/c1-9(15)10-3-2-4-11(7-10)21(18,19)14-13(12(16)17)5-6-20-8-13/h2-4,7,14H,5-6,8H2,1H3,(H,16,17). The Labute approximate surface area is 122 Å². The molecule has 21 heavy (non-hydrogen) atoms. The molecule has 1 aromatic rings. The van der Waals surface area contributed by atoms with Crippen molar-refractivity contribution in [1.82, 2.24) is 4.72 Å². The van der Waals surface area contributed by atoms with E-state index in [4.69, 9.17) is 4.74 Å². The van der Waals surface area contributed by atoms with Gasteiger partial charge in [0.05, 0.1) is 11.5 Å². The SMILES string of the molecule is CC(=O)c1cccc(S(=O)(=O)NC2(C(=O)O)CCOC2)c1. The lowest BCUT2D eigenvalue weighted by Crippen LogP contribution is -2.55. The van der Waals surface area contributed by atoms with Crippen LogP contribution in [0.3, 0.4) is 0 Å². The number of carboxylic acids is 1. The summed E-state index contributed by atoms with van der Waals surface area (Å²) in [7, 11) is -4.07. The number of ketones is 1. The molecule has 0 spiro atoms. The maximum Gasteiger partial charge on any atom is 0.327 e. The van der Waals surface area contributed by atoms with Crippen molar-refractivity contribution < 1.29 is 27.9 Å². The van der Waals surface area contributed by atoms with Crippen molar-refractivity contribution in [3.8, 4) is 0 Å². The molecule has 1 heterocycles. The van der Waals surface area contributed by atoms with Gasteiger partial charge < -0.3 is 9.84 Å². The van der Waals surface area contributed by atoms with Gasteiger partial charge in [0.15, 0.2) is 11.3 Å². The molecule has 8 heteroatoms. The molecule has 0 amide bonds. The highest BCUT2D eigenvalue weighted by atomic mass is 32.2. The van der Waals surface area contributed by atoms with Crippen molar-refractivity contribution in [1.29, 1.82) is 0 Å². The number of Topliss-reactive ketones (excluding diaryl/α,β-unsaturated/α-hetero) is 1. The zero-order chi connectivity index (χ0) is 15.7. The highest BCUT2D eigenvalue weighted by molar-refractivity contribution is 7.89. The number of benzene rings is 1. The number of rotatable bonds is 5. The van der Waals surface area contributed by atoms with Crippen LogP contribution in [0.2, 0.25) is 0 Å². The summed E-state index contributed by atoms with van der Waals surface area (Å²) in [6.45, 7) is 1.26. The van der Waals surface area contributed by atoms with Gasteiger partial charge >= 0.3 is 5.97 Å². The molecule has 1 unspecified atom stereocenters. The third-order valence-corrected chi connectivity index (χ3v) is 4.85. The zero-order valence-electron chi connectivity index (χ0n) is 11.3. The van der Waals surface area contributed by atoms with E-state index in [9.17, 15) is 23.1 Å². The van der Waals surface area contributed by atoms with Gasteiger partial charge in [-0.2, -0.15) is 4.72 Å². The van der Waals surface area contributed by atoms with E-state index in [0.29, 0.717) is 0 Å². The second kappa shape index (κ2) is 5.55. The topological polar surface area (TPSA) is 110 Å². The normalized spacial score (nSPS) is 22.1. The van der Waals surface area contributed by atoms with Crippen LogP contribution in [0.25, 0.3) is 0 Å². The van der Waals surface area contributed by atoms with Gasteiger partial charge in [-0.15, -0.1) is 0 Å². The summed E-state index contributed by atoms with van der Waals surface area (Å²) in [5.74, 6) is -1.56. The second-order valence-corrected chi connectivity index (χ2v) is 6.56. The number of aliphatic carboxylic acids is 1. The average molecular weight is 313 g/mol. The number of hydrogen-bond acceptors (Lipinski definition) is 5. The number of sulfonamides is 1. The van der Waals surface area contributed by atoms with Crippen LogP contribution in [0, 0.1) is 0 Å². The molecule has 1 saturated heterocycles. The minimum Gasteiger partial charge on any atom is -0.480 e. The first-order valence-corrected chi connectivity index (χ1v) is 7.71. The number of carboxylic acid groups (broad SMARTS) is 1. The summed E-state index contributed by atoms with van der Waals surface area (Å²) < 4.78 is 31.9. The summed E-state index contributed by atoms with van der Waals surface area (Å²) in [4.78, 5) is 22.5. The van der Waals surface area contributed by atoms with Gasteiger partial charge in [0, 0.05) is 18.6 Å². The van der Waals surface area contributed by atoms with Crippen LogP contribution in [0.1, 0.15) is 23.7 Å². The van der Waals surface area contributed by atoms with Crippen molar-refractivity contribution in [2.45, 2.75) is 23.8 Å². The predicted molar refractivity (Wildman–Crippen MR) is 72.6 cm³/mol. The van der Waals surface area contributed by atoms with Crippen LogP contribution in [0.5, 0.6) is 0 Å². The Morgan fingerprint density at radius 3 is 2.62 bits per heavy atom. The molecular weight excluding hydrogens is 298 g/mol. The third-order valence-electron chi connectivity index (χ3n) is 3.31. The third kappa shape index (κ3) is 3.12. The molecule has 0 saturated carbocycles. The van der Waals surface area contributed by atoms with Crippen molar-refractivity contribution in [3.63, 3.8) is 0 Å². The van der Waals surface area contributed by atoms with Crippen LogP contribution in [-0.4, -0.2) is 44.0 Å². The Hall–Kier alpha value is -1.77. The van der Waals surface area contributed by atoms with Gasteiger partial charge in [-0.3, -0.25) is 9.59 Å². The summed E-state index contributed by atoms with van der Waals surface area (Å²) >= 11 is 0. The van der Waals surface area contributed by atoms with Crippen LogP contribution in [-0.2, 0) is 19.6 Å². The molecule has 1 aliphatic rings. The summed E-state index contributed by atoms with van der Waals surface area (Å²) in [6.07, 6.45) is 0.0496. The zero-order valence-corrected chi connectivity index (χ0v) is 12.1. The highest BCUT2D eigenvalue weighted by Crippen LogP contribution is 2.23. The molecule has 0 radical (unpaired) electrons. The van der Waals surface area contributed by atoms with E-state index in [1.807, 2.05) is 0 Å². The summed E-state index contributed by atoms with van der Waals surface area (Å²) in [5, 5.41) is 9.26. The summed E-state index contributed by atoms with van der Waals surface area (Å²) in [5.41, 5.74) is -1.42. The number of nitrogens with one attached hydrogen (secondary N) is 1.